The number of imidazole rings is 1. The van der Waals surface area contributed by atoms with Crippen LogP contribution in [-0.2, 0) is 13.1 Å². The van der Waals surface area contributed by atoms with E-state index in [0.29, 0.717) is 6.54 Å². The Bertz CT molecular complexity index is 643. The zero-order chi connectivity index (χ0) is 13.8. The van der Waals surface area contributed by atoms with Gasteiger partial charge in [-0.25, -0.2) is 9.37 Å². The van der Waals surface area contributed by atoms with Gasteiger partial charge in [-0.05, 0) is 36.3 Å². The monoisotopic (exact) mass is 274 g/mol. The Labute approximate surface area is 117 Å². The van der Waals surface area contributed by atoms with E-state index in [0.717, 1.165) is 43.7 Å². The summed E-state index contributed by atoms with van der Waals surface area (Å²) in [6.45, 7) is 2.20. The lowest BCUT2D eigenvalue weighted by Gasteiger charge is -2.66. The summed E-state index contributed by atoms with van der Waals surface area (Å²) in [5.41, 5.74) is 8.10. The third-order valence-electron chi connectivity index (χ3n) is 4.68. The SMILES string of the molecule is NCc1cn2cc(CNCC34CC(F)(C3)C4)ccc2n1. The minimum absolute atomic E-state index is 0.264. The minimum atomic E-state index is -0.796. The van der Waals surface area contributed by atoms with Gasteiger partial charge in [0.05, 0.1) is 5.69 Å². The summed E-state index contributed by atoms with van der Waals surface area (Å²) in [6, 6.07) is 4.09. The Kier molecular flexibility index (Phi) is 2.47. The van der Waals surface area contributed by atoms with Gasteiger partial charge < -0.3 is 15.5 Å². The number of rotatable bonds is 5. The average molecular weight is 274 g/mol. The molecule has 0 unspecified atom stereocenters. The van der Waals surface area contributed by atoms with E-state index in [1.807, 2.05) is 16.7 Å². The Morgan fingerprint density at radius 3 is 2.80 bits per heavy atom. The fraction of sp³-hybridized carbons (Fsp3) is 0.533. The Hall–Kier alpha value is -1.46. The number of alkyl halides is 1. The van der Waals surface area contributed by atoms with Crippen LogP contribution in [0.1, 0.15) is 30.5 Å². The third kappa shape index (κ3) is 1.84. The van der Waals surface area contributed by atoms with Crippen molar-refractivity contribution in [1.82, 2.24) is 14.7 Å². The lowest BCUT2D eigenvalue weighted by Crippen LogP contribution is -2.67. The summed E-state index contributed by atoms with van der Waals surface area (Å²) in [4.78, 5) is 4.40. The molecule has 2 bridgehead atoms. The van der Waals surface area contributed by atoms with E-state index in [1.165, 1.54) is 5.56 Å². The molecule has 0 spiro atoms. The molecule has 0 radical (unpaired) electrons. The molecule has 5 heteroatoms. The minimum Gasteiger partial charge on any atom is -0.325 e. The molecule has 5 rings (SSSR count). The second kappa shape index (κ2) is 4.02. The van der Waals surface area contributed by atoms with Gasteiger partial charge in [0.15, 0.2) is 0 Å². The summed E-state index contributed by atoms with van der Waals surface area (Å²) in [5.74, 6) is 0. The first-order valence-corrected chi connectivity index (χ1v) is 7.16. The quantitative estimate of drug-likeness (QED) is 0.873. The molecule has 3 aliphatic rings. The molecule has 2 heterocycles. The number of pyridine rings is 1. The van der Waals surface area contributed by atoms with Crippen LogP contribution in [0.25, 0.3) is 5.65 Å². The van der Waals surface area contributed by atoms with Gasteiger partial charge in [0.1, 0.15) is 11.3 Å². The van der Waals surface area contributed by atoms with Crippen molar-refractivity contribution in [3.8, 4) is 0 Å². The van der Waals surface area contributed by atoms with E-state index >= 15 is 0 Å². The lowest BCUT2D eigenvalue weighted by atomic mass is 9.42. The molecule has 106 valence electrons. The van der Waals surface area contributed by atoms with E-state index in [2.05, 4.69) is 22.6 Å². The smallest absolute Gasteiger partial charge is 0.137 e. The number of nitrogens with one attached hydrogen (secondary N) is 1. The molecule has 0 aliphatic heterocycles. The van der Waals surface area contributed by atoms with Gasteiger partial charge in [-0.3, -0.25) is 0 Å². The molecule has 4 nitrogen and oxygen atoms in total. The molecule has 20 heavy (non-hydrogen) atoms. The fourth-order valence-corrected chi connectivity index (χ4v) is 3.81. The maximum Gasteiger partial charge on any atom is 0.137 e. The molecule has 0 atom stereocenters. The summed E-state index contributed by atoms with van der Waals surface area (Å²) < 4.78 is 15.4. The number of hydrogen-bond acceptors (Lipinski definition) is 3. The van der Waals surface area contributed by atoms with Crippen molar-refractivity contribution < 1.29 is 4.39 Å². The van der Waals surface area contributed by atoms with Crippen molar-refractivity contribution >= 4 is 5.65 Å². The number of fused-ring (bicyclic) bond motifs is 1. The molecule has 2 aromatic rings. The van der Waals surface area contributed by atoms with Gasteiger partial charge in [0.25, 0.3) is 0 Å². The zero-order valence-corrected chi connectivity index (χ0v) is 11.4. The topological polar surface area (TPSA) is 55.4 Å². The van der Waals surface area contributed by atoms with Crippen LogP contribution >= 0.6 is 0 Å². The van der Waals surface area contributed by atoms with Gasteiger partial charge in [-0.15, -0.1) is 0 Å². The Balaban J connectivity index is 1.39. The number of halogens is 1. The van der Waals surface area contributed by atoms with Crippen LogP contribution in [0.4, 0.5) is 4.39 Å². The van der Waals surface area contributed by atoms with Gasteiger partial charge in [-0.1, -0.05) is 6.07 Å². The lowest BCUT2D eigenvalue weighted by molar-refractivity contribution is -0.209. The highest BCUT2D eigenvalue weighted by Crippen LogP contribution is 2.69. The van der Waals surface area contributed by atoms with Crippen LogP contribution in [0.15, 0.2) is 24.5 Å². The van der Waals surface area contributed by atoms with Gasteiger partial charge in [-0.2, -0.15) is 0 Å². The van der Waals surface area contributed by atoms with Crippen molar-refractivity contribution in [2.75, 3.05) is 6.54 Å². The first-order valence-electron chi connectivity index (χ1n) is 7.16. The zero-order valence-electron chi connectivity index (χ0n) is 11.4. The van der Waals surface area contributed by atoms with Crippen LogP contribution in [0.2, 0.25) is 0 Å². The second-order valence-corrected chi connectivity index (χ2v) is 6.52. The van der Waals surface area contributed by atoms with Gasteiger partial charge >= 0.3 is 0 Å². The molecular weight excluding hydrogens is 255 g/mol. The standard InChI is InChI=1S/C15H19FN4/c16-15-7-14(8-15,9-15)10-18-4-11-1-2-13-19-12(3-17)6-20(13)5-11/h1-2,5-6,18H,3-4,7-10,17H2. The molecule has 3 N–H and O–H groups in total. The number of nitrogens with zero attached hydrogens (tertiary/aromatic N) is 2. The molecule has 3 saturated carbocycles. The fourth-order valence-electron chi connectivity index (χ4n) is 3.81. The first kappa shape index (κ1) is 12.3. The maximum absolute atomic E-state index is 13.4. The molecule has 3 aliphatic carbocycles. The molecule has 3 fully saturated rings. The summed E-state index contributed by atoms with van der Waals surface area (Å²) in [5, 5.41) is 3.46. The predicted octanol–water partition coefficient (Wildman–Crippen LogP) is 1.77. The summed E-state index contributed by atoms with van der Waals surface area (Å²) >= 11 is 0. The highest BCUT2D eigenvalue weighted by molar-refractivity contribution is 5.41. The van der Waals surface area contributed by atoms with Crippen LogP contribution in [0, 0.1) is 5.41 Å². The molecular formula is C15H19FN4. The largest absolute Gasteiger partial charge is 0.325 e. The van der Waals surface area contributed by atoms with E-state index in [4.69, 9.17) is 5.73 Å². The average Bonchev–Trinajstić information content (AvgIpc) is 2.77. The van der Waals surface area contributed by atoms with Crippen LogP contribution in [0.5, 0.6) is 0 Å². The van der Waals surface area contributed by atoms with Crippen LogP contribution < -0.4 is 11.1 Å². The van der Waals surface area contributed by atoms with E-state index in [9.17, 15) is 4.39 Å². The van der Waals surface area contributed by atoms with Crippen molar-refractivity contribution in [2.45, 2.75) is 38.0 Å². The van der Waals surface area contributed by atoms with Crippen molar-refractivity contribution in [3.63, 3.8) is 0 Å². The molecule has 0 aromatic carbocycles. The van der Waals surface area contributed by atoms with E-state index < -0.39 is 5.67 Å². The van der Waals surface area contributed by atoms with E-state index in [1.54, 1.807) is 0 Å². The molecule has 0 saturated heterocycles. The number of hydrogen-bond donors (Lipinski definition) is 2. The first-order chi connectivity index (χ1) is 9.60. The van der Waals surface area contributed by atoms with E-state index in [-0.39, 0.29) is 5.41 Å². The Morgan fingerprint density at radius 1 is 1.30 bits per heavy atom. The maximum atomic E-state index is 13.4. The normalized spacial score (nSPS) is 31.1. The molecule has 0 amide bonds. The van der Waals surface area contributed by atoms with Crippen molar-refractivity contribution in [2.24, 2.45) is 11.1 Å². The van der Waals surface area contributed by atoms with Gasteiger partial charge in [0, 0.05) is 32.0 Å². The highest BCUT2D eigenvalue weighted by Gasteiger charge is 2.68. The molecule has 2 aromatic heterocycles. The summed E-state index contributed by atoms with van der Waals surface area (Å²) in [6.07, 6.45) is 6.31. The van der Waals surface area contributed by atoms with Crippen LogP contribution in [-0.4, -0.2) is 21.6 Å². The van der Waals surface area contributed by atoms with Crippen LogP contribution in [0.3, 0.4) is 0 Å². The van der Waals surface area contributed by atoms with Crippen molar-refractivity contribution in [3.05, 3.63) is 35.8 Å². The Morgan fingerprint density at radius 2 is 2.10 bits per heavy atom. The van der Waals surface area contributed by atoms with Crippen molar-refractivity contribution in [1.29, 1.82) is 0 Å². The highest BCUT2D eigenvalue weighted by atomic mass is 19.1. The number of nitrogens with two attached hydrogens (primary N) is 1. The number of aromatic nitrogens is 2. The second-order valence-electron chi connectivity index (χ2n) is 6.52. The summed E-state index contributed by atoms with van der Waals surface area (Å²) in [7, 11) is 0. The van der Waals surface area contributed by atoms with Gasteiger partial charge in [0.2, 0.25) is 0 Å². The predicted molar refractivity (Wildman–Crippen MR) is 74.9 cm³/mol. The third-order valence-corrected chi connectivity index (χ3v) is 4.68.